The SMILES string of the molecule is CC(C)Oc1cccc(-c2nnc(CCC(=O)NCCc3cccs3)c(=O)[nH]2)c1. The summed E-state index contributed by atoms with van der Waals surface area (Å²) in [6.45, 7) is 4.47. The van der Waals surface area contributed by atoms with E-state index in [2.05, 4.69) is 20.5 Å². The molecule has 2 N–H and O–H groups in total. The number of aromatic amines is 1. The van der Waals surface area contributed by atoms with Crippen LogP contribution in [0.15, 0.2) is 46.6 Å². The van der Waals surface area contributed by atoms with Crippen LogP contribution in [0.2, 0.25) is 0 Å². The Hall–Kier alpha value is -3.00. The maximum atomic E-state index is 12.3. The van der Waals surface area contributed by atoms with Crippen LogP contribution in [0.25, 0.3) is 11.4 Å². The zero-order valence-electron chi connectivity index (χ0n) is 16.5. The quantitative estimate of drug-likeness (QED) is 0.563. The third-order valence-corrected chi connectivity index (χ3v) is 5.04. The maximum Gasteiger partial charge on any atom is 0.273 e. The minimum atomic E-state index is -0.337. The van der Waals surface area contributed by atoms with Gasteiger partial charge in [0.2, 0.25) is 5.91 Å². The van der Waals surface area contributed by atoms with Gasteiger partial charge in [0.25, 0.3) is 5.56 Å². The van der Waals surface area contributed by atoms with Crippen molar-refractivity contribution < 1.29 is 9.53 Å². The van der Waals surface area contributed by atoms with Crippen LogP contribution in [0.1, 0.15) is 30.8 Å². The summed E-state index contributed by atoms with van der Waals surface area (Å²) in [6, 6.07) is 11.3. The van der Waals surface area contributed by atoms with Crippen molar-refractivity contribution in [1.29, 1.82) is 0 Å². The molecule has 2 aromatic heterocycles. The summed E-state index contributed by atoms with van der Waals surface area (Å²) in [5.41, 5.74) is 0.624. The van der Waals surface area contributed by atoms with Gasteiger partial charge in [-0.3, -0.25) is 9.59 Å². The number of aromatic nitrogens is 3. The summed E-state index contributed by atoms with van der Waals surface area (Å²) in [6.07, 6.45) is 1.29. The van der Waals surface area contributed by atoms with Gasteiger partial charge in [0.05, 0.1) is 6.10 Å². The fourth-order valence-corrected chi connectivity index (χ4v) is 3.45. The third-order valence-electron chi connectivity index (χ3n) is 4.11. The summed E-state index contributed by atoms with van der Waals surface area (Å²) in [5.74, 6) is 0.960. The molecule has 0 atom stereocenters. The minimum absolute atomic E-state index is 0.0502. The Kier molecular flexibility index (Phi) is 7.13. The second kappa shape index (κ2) is 9.97. The van der Waals surface area contributed by atoms with E-state index in [0.717, 1.165) is 6.42 Å². The molecular formula is C21H24N4O3S. The van der Waals surface area contributed by atoms with E-state index in [1.807, 2.05) is 49.6 Å². The molecule has 1 amide bonds. The van der Waals surface area contributed by atoms with Gasteiger partial charge in [0.15, 0.2) is 5.82 Å². The van der Waals surface area contributed by atoms with E-state index in [9.17, 15) is 9.59 Å². The van der Waals surface area contributed by atoms with Crippen LogP contribution in [0.5, 0.6) is 5.75 Å². The van der Waals surface area contributed by atoms with E-state index in [1.54, 1.807) is 17.4 Å². The predicted octanol–water partition coefficient (Wildman–Crippen LogP) is 2.97. The molecule has 1 aromatic carbocycles. The molecule has 3 rings (SSSR count). The first-order chi connectivity index (χ1) is 14.0. The van der Waals surface area contributed by atoms with Gasteiger partial charge in [-0.25, -0.2) is 0 Å². The largest absolute Gasteiger partial charge is 0.491 e. The summed E-state index contributed by atoms with van der Waals surface area (Å²) in [7, 11) is 0. The normalized spacial score (nSPS) is 10.9. The van der Waals surface area contributed by atoms with Crippen LogP contribution in [0.4, 0.5) is 0 Å². The van der Waals surface area contributed by atoms with Crippen molar-refractivity contribution in [3.63, 3.8) is 0 Å². The van der Waals surface area contributed by atoms with Gasteiger partial charge in [-0.2, -0.15) is 0 Å². The lowest BCUT2D eigenvalue weighted by atomic mass is 10.2. The van der Waals surface area contributed by atoms with Crippen LogP contribution in [-0.4, -0.2) is 33.7 Å². The van der Waals surface area contributed by atoms with Crippen molar-refractivity contribution in [2.45, 2.75) is 39.2 Å². The van der Waals surface area contributed by atoms with E-state index < -0.39 is 0 Å². The summed E-state index contributed by atoms with van der Waals surface area (Å²) in [5, 5.41) is 13.0. The van der Waals surface area contributed by atoms with E-state index in [0.29, 0.717) is 23.7 Å². The maximum absolute atomic E-state index is 12.3. The smallest absolute Gasteiger partial charge is 0.273 e. The average Bonchev–Trinajstić information content (AvgIpc) is 3.20. The molecule has 0 spiro atoms. The third kappa shape index (κ3) is 6.25. The molecule has 0 aliphatic heterocycles. The number of rotatable bonds is 9. The van der Waals surface area contributed by atoms with Crippen molar-refractivity contribution in [1.82, 2.24) is 20.5 Å². The molecule has 152 valence electrons. The first-order valence-corrected chi connectivity index (χ1v) is 10.4. The highest BCUT2D eigenvalue weighted by Crippen LogP contribution is 2.20. The number of nitrogens with one attached hydrogen (secondary N) is 2. The molecule has 29 heavy (non-hydrogen) atoms. The summed E-state index contributed by atoms with van der Waals surface area (Å²) in [4.78, 5) is 28.3. The number of amides is 1. The van der Waals surface area contributed by atoms with E-state index in [-0.39, 0.29) is 36.1 Å². The van der Waals surface area contributed by atoms with E-state index in [1.165, 1.54) is 4.88 Å². The Morgan fingerprint density at radius 3 is 2.79 bits per heavy atom. The highest BCUT2D eigenvalue weighted by Gasteiger charge is 2.10. The Balaban J connectivity index is 1.55. The van der Waals surface area contributed by atoms with Gasteiger partial charge < -0.3 is 15.0 Å². The molecule has 8 heteroatoms. The van der Waals surface area contributed by atoms with Crippen molar-refractivity contribution in [2.24, 2.45) is 0 Å². The number of carbonyl (C=O) groups excluding carboxylic acids is 1. The van der Waals surface area contributed by atoms with Gasteiger partial charge >= 0.3 is 0 Å². The monoisotopic (exact) mass is 412 g/mol. The summed E-state index contributed by atoms with van der Waals surface area (Å²) < 4.78 is 5.67. The van der Waals surface area contributed by atoms with Crippen molar-refractivity contribution >= 4 is 17.2 Å². The van der Waals surface area contributed by atoms with E-state index >= 15 is 0 Å². The molecule has 0 saturated carbocycles. The fraction of sp³-hybridized carbons (Fsp3) is 0.333. The van der Waals surface area contributed by atoms with Crippen LogP contribution < -0.4 is 15.6 Å². The van der Waals surface area contributed by atoms with Crippen molar-refractivity contribution in [3.8, 4) is 17.1 Å². The molecule has 0 fully saturated rings. The Morgan fingerprint density at radius 2 is 2.07 bits per heavy atom. The van der Waals surface area contributed by atoms with Gasteiger partial charge in [-0.15, -0.1) is 21.5 Å². The van der Waals surface area contributed by atoms with Crippen LogP contribution >= 0.6 is 11.3 Å². The highest BCUT2D eigenvalue weighted by atomic mass is 32.1. The number of thiophene rings is 1. The standard InChI is InChI=1S/C21H24N4O3S/c1-14(2)28-16-6-3-5-15(13-16)20-23-21(27)18(24-25-20)8-9-19(26)22-11-10-17-7-4-12-29-17/h3-7,12-14H,8-11H2,1-2H3,(H,22,26)(H,23,25,27). The van der Waals surface area contributed by atoms with Gasteiger partial charge in [-0.05, 0) is 43.8 Å². The zero-order valence-corrected chi connectivity index (χ0v) is 17.3. The predicted molar refractivity (Wildman–Crippen MR) is 113 cm³/mol. The van der Waals surface area contributed by atoms with Crippen molar-refractivity contribution in [2.75, 3.05) is 6.54 Å². The number of benzene rings is 1. The minimum Gasteiger partial charge on any atom is -0.491 e. The topological polar surface area (TPSA) is 97.0 Å². The van der Waals surface area contributed by atoms with Gasteiger partial charge in [-0.1, -0.05) is 18.2 Å². The van der Waals surface area contributed by atoms with Crippen LogP contribution in [0, 0.1) is 0 Å². The molecule has 0 saturated heterocycles. The van der Waals surface area contributed by atoms with Gasteiger partial charge in [0, 0.05) is 29.8 Å². The Labute approximate surface area is 173 Å². The Bertz CT molecular complexity index is 999. The number of hydrogen-bond acceptors (Lipinski definition) is 6. The Morgan fingerprint density at radius 1 is 1.21 bits per heavy atom. The number of aryl methyl sites for hydroxylation is 1. The molecule has 0 aliphatic rings. The van der Waals surface area contributed by atoms with E-state index in [4.69, 9.17) is 4.74 Å². The second-order valence-corrected chi connectivity index (χ2v) is 7.86. The second-order valence-electron chi connectivity index (χ2n) is 6.82. The fourth-order valence-electron chi connectivity index (χ4n) is 2.74. The summed E-state index contributed by atoms with van der Waals surface area (Å²) >= 11 is 1.67. The molecule has 0 aliphatic carbocycles. The molecule has 3 aromatic rings. The van der Waals surface area contributed by atoms with Gasteiger partial charge in [0.1, 0.15) is 11.4 Å². The molecule has 7 nitrogen and oxygen atoms in total. The van der Waals surface area contributed by atoms with Crippen molar-refractivity contribution in [3.05, 3.63) is 62.7 Å². The molecule has 2 heterocycles. The number of nitrogens with zero attached hydrogens (tertiary/aromatic N) is 2. The molecular weight excluding hydrogens is 388 g/mol. The lowest BCUT2D eigenvalue weighted by Crippen LogP contribution is -2.27. The molecule has 0 radical (unpaired) electrons. The van der Waals surface area contributed by atoms with Crippen LogP contribution in [0.3, 0.4) is 0 Å². The molecule has 0 unspecified atom stereocenters. The number of ether oxygens (including phenoxy) is 1. The lowest BCUT2D eigenvalue weighted by Gasteiger charge is -2.10. The average molecular weight is 413 g/mol. The number of carbonyl (C=O) groups is 1. The first-order valence-electron chi connectivity index (χ1n) is 9.53. The highest BCUT2D eigenvalue weighted by molar-refractivity contribution is 7.09. The lowest BCUT2D eigenvalue weighted by molar-refractivity contribution is -0.121. The number of H-pyrrole nitrogens is 1. The number of hydrogen-bond donors (Lipinski definition) is 2. The van der Waals surface area contributed by atoms with Crippen LogP contribution in [-0.2, 0) is 17.6 Å². The molecule has 0 bridgehead atoms. The first kappa shape index (κ1) is 20.7. The zero-order chi connectivity index (χ0) is 20.6.